The molecule has 0 amide bonds. The minimum absolute atomic E-state index is 0. The van der Waals surface area contributed by atoms with E-state index >= 15 is 0 Å². The predicted octanol–water partition coefficient (Wildman–Crippen LogP) is -15.0. The second kappa shape index (κ2) is 43.5. The Morgan fingerprint density at radius 1 is 0.429 bits per heavy atom. The molecule has 7 heteroatoms. The van der Waals surface area contributed by atoms with Gasteiger partial charge in [-0.15, -0.1) is 0 Å². The van der Waals surface area contributed by atoms with Crippen LogP contribution in [0.2, 0.25) is 0 Å². The SMILES string of the molecule is [Cr+3].[Hg+2].[I-].[I-].[I-].[I-].[I-]. The van der Waals surface area contributed by atoms with Crippen LogP contribution in [0.1, 0.15) is 0 Å². The number of hydrogen-bond donors (Lipinski definition) is 0. The van der Waals surface area contributed by atoms with Gasteiger partial charge in [-0.3, -0.25) is 0 Å². The summed E-state index contributed by atoms with van der Waals surface area (Å²) in [6.07, 6.45) is 0. The van der Waals surface area contributed by atoms with Crippen molar-refractivity contribution < 1.29 is 165 Å². The van der Waals surface area contributed by atoms with E-state index in [0.29, 0.717) is 0 Å². The van der Waals surface area contributed by atoms with Gasteiger partial charge in [0, 0.05) is 0 Å². The van der Waals surface area contributed by atoms with Crippen LogP contribution in [-0.4, -0.2) is 0 Å². The summed E-state index contributed by atoms with van der Waals surface area (Å²) in [5.74, 6) is 0. The van der Waals surface area contributed by atoms with Gasteiger partial charge in [0.05, 0.1) is 0 Å². The van der Waals surface area contributed by atoms with Crippen molar-refractivity contribution in [2.75, 3.05) is 0 Å². The van der Waals surface area contributed by atoms with Gasteiger partial charge >= 0.3 is 45.0 Å². The van der Waals surface area contributed by atoms with E-state index < -0.39 is 0 Å². The standard InChI is InChI=1S/Cr.Hg.5HI/h;;5*1H/q+3;+2;;;;;/p-5. The molecule has 0 rings (SSSR count). The second-order valence-electron chi connectivity index (χ2n) is 0. The summed E-state index contributed by atoms with van der Waals surface area (Å²) in [5, 5.41) is 0. The van der Waals surface area contributed by atoms with Crippen LogP contribution >= 0.6 is 0 Å². The van der Waals surface area contributed by atoms with Crippen molar-refractivity contribution >= 4 is 0 Å². The Labute approximate surface area is 161 Å². The van der Waals surface area contributed by atoms with E-state index in [9.17, 15) is 0 Å². The van der Waals surface area contributed by atoms with Gasteiger partial charge in [-0.1, -0.05) is 0 Å². The molecule has 0 bridgehead atoms. The molecule has 0 aliphatic heterocycles. The van der Waals surface area contributed by atoms with Crippen LogP contribution < -0.4 is 120 Å². The fourth-order valence-electron chi connectivity index (χ4n) is 0. The van der Waals surface area contributed by atoms with E-state index in [1.165, 1.54) is 0 Å². The molecule has 0 fully saturated rings. The first-order chi connectivity index (χ1) is 0. The van der Waals surface area contributed by atoms with Crippen molar-refractivity contribution in [1.82, 2.24) is 0 Å². The maximum Gasteiger partial charge on any atom is 3.00 e. The van der Waals surface area contributed by atoms with E-state index in [1.807, 2.05) is 0 Å². The number of rotatable bonds is 0. The third-order valence-electron chi connectivity index (χ3n) is 0. The molecule has 0 aromatic rings. The normalized spacial score (nSPS) is 0. The zero-order chi connectivity index (χ0) is 0. The Bertz CT molecular complexity index is 8.04. The van der Waals surface area contributed by atoms with Gasteiger partial charge in [0.1, 0.15) is 0 Å². The molecule has 43 valence electrons. The van der Waals surface area contributed by atoms with Gasteiger partial charge < -0.3 is 120 Å². The minimum atomic E-state index is 0. The van der Waals surface area contributed by atoms with E-state index in [0.717, 1.165) is 0 Å². The molecule has 0 saturated carbocycles. The zero-order valence-electron chi connectivity index (χ0n) is 3.01. The monoisotopic (exact) mass is 888 g/mol. The number of hydrogen-bond acceptors (Lipinski definition) is 0. The van der Waals surface area contributed by atoms with Crippen LogP contribution in [0.3, 0.4) is 0 Å². The average molecular weight is 887 g/mol. The molecule has 0 heterocycles. The molecular formula is CrHgI5. The van der Waals surface area contributed by atoms with Crippen LogP contribution in [0, 0.1) is 0 Å². The Morgan fingerprint density at radius 2 is 0.429 bits per heavy atom. The number of halogens is 5. The Hall–Kier alpha value is 5.12. The van der Waals surface area contributed by atoms with Gasteiger partial charge in [0.25, 0.3) is 0 Å². The third-order valence-corrected chi connectivity index (χ3v) is 0. The van der Waals surface area contributed by atoms with Crippen LogP contribution in [0.25, 0.3) is 0 Å². The fraction of sp³-hybridized carbons (Fsp3) is 0. The van der Waals surface area contributed by atoms with Crippen LogP contribution in [0.5, 0.6) is 0 Å². The van der Waals surface area contributed by atoms with E-state index in [-0.39, 0.29) is 165 Å². The van der Waals surface area contributed by atoms with Gasteiger partial charge in [0.15, 0.2) is 0 Å². The molecule has 0 saturated heterocycles. The van der Waals surface area contributed by atoms with Gasteiger partial charge in [-0.2, -0.15) is 0 Å². The van der Waals surface area contributed by atoms with Crippen molar-refractivity contribution in [1.29, 1.82) is 0 Å². The first-order valence-corrected chi connectivity index (χ1v) is 0. The quantitative estimate of drug-likeness (QED) is 0.168. The molecule has 0 aliphatic carbocycles. The summed E-state index contributed by atoms with van der Waals surface area (Å²) < 4.78 is 0. The largest absolute Gasteiger partial charge is 3.00 e. The molecule has 0 nitrogen and oxygen atoms in total. The molecule has 0 aliphatic rings. The summed E-state index contributed by atoms with van der Waals surface area (Å²) in [6, 6.07) is 0. The van der Waals surface area contributed by atoms with Crippen LogP contribution in [-0.2, 0) is 45.0 Å². The van der Waals surface area contributed by atoms with Crippen LogP contribution in [0.4, 0.5) is 0 Å². The Balaban J connectivity index is 0. The molecular weight excluding hydrogens is 887 g/mol. The molecule has 0 aromatic carbocycles. The maximum absolute atomic E-state index is 0. The van der Waals surface area contributed by atoms with Gasteiger partial charge in [0.2, 0.25) is 0 Å². The first kappa shape index (κ1) is 57.2. The fourth-order valence-corrected chi connectivity index (χ4v) is 0. The van der Waals surface area contributed by atoms with Gasteiger partial charge in [-0.25, -0.2) is 0 Å². The molecule has 1 radical (unpaired) electrons. The summed E-state index contributed by atoms with van der Waals surface area (Å²) in [4.78, 5) is 0. The van der Waals surface area contributed by atoms with Crippen molar-refractivity contribution in [3.05, 3.63) is 0 Å². The molecule has 0 N–H and O–H groups in total. The smallest absolute Gasteiger partial charge is 1.00 e. The first-order valence-electron chi connectivity index (χ1n) is 0. The van der Waals surface area contributed by atoms with Crippen molar-refractivity contribution in [2.45, 2.75) is 0 Å². The third kappa shape index (κ3) is 35.3. The Kier molecular flexibility index (Phi) is 355. The van der Waals surface area contributed by atoms with Crippen molar-refractivity contribution in [3.63, 3.8) is 0 Å². The topological polar surface area (TPSA) is 0 Å². The van der Waals surface area contributed by atoms with Gasteiger partial charge in [-0.05, 0) is 0 Å². The summed E-state index contributed by atoms with van der Waals surface area (Å²) in [6.45, 7) is 0. The zero-order valence-corrected chi connectivity index (χ0v) is 20.6. The molecule has 0 aromatic heterocycles. The molecule has 0 unspecified atom stereocenters. The second-order valence-corrected chi connectivity index (χ2v) is 0. The van der Waals surface area contributed by atoms with Crippen molar-refractivity contribution in [2.24, 2.45) is 0 Å². The molecule has 7 heavy (non-hydrogen) atoms. The average Bonchev–Trinajstić information content (AvgIpc) is 0. The van der Waals surface area contributed by atoms with E-state index in [2.05, 4.69) is 0 Å². The molecule has 0 spiro atoms. The summed E-state index contributed by atoms with van der Waals surface area (Å²) >= 11 is 0. The predicted molar refractivity (Wildman–Crippen MR) is 0 cm³/mol. The van der Waals surface area contributed by atoms with E-state index in [1.54, 1.807) is 0 Å². The Morgan fingerprint density at radius 3 is 0.429 bits per heavy atom. The molecule has 0 atom stereocenters. The van der Waals surface area contributed by atoms with Crippen LogP contribution in [0.15, 0.2) is 0 Å². The summed E-state index contributed by atoms with van der Waals surface area (Å²) in [7, 11) is 0. The van der Waals surface area contributed by atoms with E-state index in [4.69, 9.17) is 0 Å². The maximum atomic E-state index is 0. The van der Waals surface area contributed by atoms with Crippen molar-refractivity contribution in [3.8, 4) is 0 Å². The summed E-state index contributed by atoms with van der Waals surface area (Å²) in [5.41, 5.74) is 0. The minimum Gasteiger partial charge on any atom is -1.00 e.